The standard InChI is InChI=1S/C25H18FN5/c1-3-18-12-19(6-7-22(18)28-2)21-8-9-29-25(24(21)26)31-15-17-10-20-5-4-16(13-27)11-23(20)30-14-17/h3-12,14H,1-2,15H2,(H,29,31). The fourth-order valence-electron chi connectivity index (χ4n) is 3.34. The van der Waals surface area contributed by atoms with Crippen LogP contribution in [0.15, 0.2) is 72.5 Å². The average Bonchev–Trinajstić information content (AvgIpc) is 2.82. The second-order valence-electron chi connectivity index (χ2n) is 6.87. The Morgan fingerprint density at radius 3 is 2.77 bits per heavy atom. The number of pyridine rings is 2. The molecule has 2 aromatic carbocycles. The minimum atomic E-state index is -0.441. The number of halogens is 1. The molecule has 31 heavy (non-hydrogen) atoms. The number of aromatic nitrogens is 2. The van der Waals surface area contributed by atoms with Crippen LogP contribution < -0.4 is 5.32 Å². The molecule has 0 aliphatic carbocycles. The van der Waals surface area contributed by atoms with Crippen molar-refractivity contribution in [2.24, 2.45) is 4.99 Å². The van der Waals surface area contributed by atoms with Crippen molar-refractivity contribution in [2.75, 3.05) is 5.32 Å². The lowest BCUT2D eigenvalue weighted by atomic mass is 10.0. The predicted molar refractivity (Wildman–Crippen MR) is 123 cm³/mol. The monoisotopic (exact) mass is 407 g/mol. The molecule has 0 aliphatic rings. The molecule has 0 atom stereocenters. The smallest absolute Gasteiger partial charge is 0.173 e. The number of nitrogens with zero attached hydrogens (tertiary/aromatic N) is 4. The zero-order valence-electron chi connectivity index (χ0n) is 16.6. The third kappa shape index (κ3) is 4.02. The van der Waals surface area contributed by atoms with Gasteiger partial charge in [-0.15, -0.1) is 0 Å². The van der Waals surface area contributed by atoms with Crippen molar-refractivity contribution in [1.29, 1.82) is 5.26 Å². The van der Waals surface area contributed by atoms with Crippen LogP contribution in [0.1, 0.15) is 16.7 Å². The molecule has 4 aromatic rings. The van der Waals surface area contributed by atoms with Crippen LogP contribution in [0, 0.1) is 17.1 Å². The molecule has 2 heterocycles. The van der Waals surface area contributed by atoms with E-state index in [4.69, 9.17) is 5.26 Å². The number of benzene rings is 2. The van der Waals surface area contributed by atoms with Gasteiger partial charge in [0, 0.05) is 35.5 Å². The number of nitrogens with one attached hydrogen (secondary N) is 1. The number of aliphatic imine (C=N–C) groups is 1. The summed E-state index contributed by atoms with van der Waals surface area (Å²) in [4.78, 5) is 12.5. The van der Waals surface area contributed by atoms with Crippen LogP contribution in [-0.2, 0) is 6.54 Å². The van der Waals surface area contributed by atoms with Crippen LogP contribution in [0.25, 0.3) is 28.1 Å². The van der Waals surface area contributed by atoms with Crippen molar-refractivity contribution in [2.45, 2.75) is 6.54 Å². The molecule has 4 rings (SSSR count). The van der Waals surface area contributed by atoms with E-state index >= 15 is 4.39 Å². The maximum Gasteiger partial charge on any atom is 0.173 e. The van der Waals surface area contributed by atoms with Gasteiger partial charge in [-0.25, -0.2) is 9.37 Å². The Morgan fingerprint density at radius 2 is 2.00 bits per heavy atom. The molecule has 0 saturated carbocycles. The van der Waals surface area contributed by atoms with E-state index in [1.807, 2.05) is 18.2 Å². The molecule has 5 nitrogen and oxygen atoms in total. The molecule has 0 saturated heterocycles. The summed E-state index contributed by atoms with van der Waals surface area (Å²) in [5.74, 6) is -0.285. The van der Waals surface area contributed by atoms with Gasteiger partial charge in [0.2, 0.25) is 0 Å². The summed E-state index contributed by atoms with van der Waals surface area (Å²) in [5, 5.41) is 13.0. The maximum atomic E-state index is 15.2. The highest BCUT2D eigenvalue weighted by molar-refractivity contribution is 5.80. The minimum Gasteiger partial charge on any atom is -0.363 e. The highest BCUT2D eigenvalue weighted by Crippen LogP contribution is 2.31. The Morgan fingerprint density at radius 1 is 1.13 bits per heavy atom. The van der Waals surface area contributed by atoms with Gasteiger partial charge in [-0.1, -0.05) is 24.8 Å². The average molecular weight is 407 g/mol. The van der Waals surface area contributed by atoms with Gasteiger partial charge < -0.3 is 5.32 Å². The third-order valence-corrected chi connectivity index (χ3v) is 4.95. The van der Waals surface area contributed by atoms with E-state index in [1.165, 1.54) is 0 Å². The third-order valence-electron chi connectivity index (χ3n) is 4.95. The molecule has 0 spiro atoms. The fourth-order valence-corrected chi connectivity index (χ4v) is 3.34. The molecular formula is C25H18FN5. The lowest BCUT2D eigenvalue weighted by Crippen LogP contribution is -2.05. The molecule has 0 amide bonds. The highest BCUT2D eigenvalue weighted by Gasteiger charge is 2.13. The van der Waals surface area contributed by atoms with Crippen molar-refractivity contribution in [3.05, 3.63) is 90.0 Å². The normalized spacial score (nSPS) is 10.5. The number of rotatable bonds is 6. The lowest BCUT2D eigenvalue weighted by Gasteiger charge is -2.11. The number of anilines is 1. The first-order valence-corrected chi connectivity index (χ1v) is 9.53. The number of nitriles is 1. The summed E-state index contributed by atoms with van der Waals surface area (Å²) in [6, 6.07) is 16.4. The first-order valence-electron chi connectivity index (χ1n) is 9.53. The number of fused-ring (bicyclic) bond motifs is 1. The molecule has 6 heteroatoms. The second-order valence-corrected chi connectivity index (χ2v) is 6.87. The maximum absolute atomic E-state index is 15.2. The Labute approximate surface area is 179 Å². The van der Waals surface area contributed by atoms with E-state index in [-0.39, 0.29) is 5.82 Å². The molecular weight excluding hydrogens is 389 g/mol. The Kier molecular flexibility index (Phi) is 5.50. The van der Waals surface area contributed by atoms with Crippen molar-refractivity contribution < 1.29 is 4.39 Å². The molecule has 1 N–H and O–H groups in total. The van der Waals surface area contributed by atoms with Crippen molar-refractivity contribution in [3.8, 4) is 17.2 Å². The van der Waals surface area contributed by atoms with Gasteiger partial charge in [-0.05, 0) is 54.2 Å². The molecule has 150 valence electrons. The van der Waals surface area contributed by atoms with E-state index in [1.54, 1.807) is 48.8 Å². The van der Waals surface area contributed by atoms with Gasteiger partial charge in [-0.3, -0.25) is 9.98 Å². The molecule has 0 radical (unpaired) electrons. The lowest BCUT2D eigenvalue weighted by molar-refractivity contribution is 0.628. The van der Waals surface area contributed by atoms with Crippen LogP contribution in [0.2, 0.25) is 0 Å². The zero-order valence-corrected chi connectivity index (χ0v) is 16.6. The van der Waals surface area contributed by atoms with E-state index < -0.39 is 5.82 Å². The number of hydrogen-bond acceptors (Lipinski definition) is 5. The van der Waals surface area contributed by atoms with E-state index in [0.29, 0.717) is 28.9 Å². The summed E-state index contributed by atoms with van der Waals surface area (Å²) < 4.78 is 15.2. The van der Waals surface area contributed by atoms with Gasteiger partial charge in [0.05, 0.1) is 22.8 Å². The van der Waals surface area contributed by atoms with E-state index in [0.717, 1.165) is 22.0 Å². The SMILES string of the molecule is C=Cc1cc(-c2ccnc(NCc3cnc4cc(C#N)ccc4c3)c2F)ccc1N=C. The van der Waals surface area contributed by atoms with Crippen LogP contribution in [0.5, 0.6) is 0 Å². The van der Waals surface area contributed by atoms with Crippen LogP contribution in [0.4, 0.5) is 15.9 Å². The Bertz CT molecular complexity index is 1350. The molecule has 0 unspecified atom stereocenters. The zero-order chi connectivity index (χ0) is 21.8. The summed E-state index contributed by atoms with van der Waals surface area (Å²) >= 11 is 0. The van der Waals surface area contributed by atoms with Gasteiger partial charge in [0.25, 0.3) is 0 Å². The Balaban J connectivity index is 1.59. The van der Waals surface area contributed by atoms with Crippen LogP contribution in [-0.4, -0.2) is 16.7 Å². The van der Waals surface area contributed by atoms with Gasteiger partial charge in [0.1, 0.15) is 0 Å². The van der Waals surface area contributed by atoms with Gasteiger partial charge in [-0.2, -0.15) is 5.26 Å². The highest BCUT2D eigenvalue weighted by atomic mass is 19.1. The fraction of sp³-hybridized carbons (Fsp3) is 0.0400. The topological polar surface area (TPSA) is 74.0 Å². The molecule has 0 fully saturated rings. The molecule has 2 aromatic heterocycles. The largest absolute Gasteiger partial charge is 0.363 e. The van der Waals surface area contributed by atoms with Gasteiger partial charge >= 0.3 is 0 Å². The molecule has 0 bridgehead atoms. The summed E-state index contributed by atoms with van der Waals surface area (Å²) in [6.07, 6.45) is 4.93. The van der Waals surface area contributed by atoms with E-state index in [2.05, 4.69) is 39.6 Å². The predicted octanol–water partition coefficient (Wildman–Crippen LogP) is 5.89. The van der Waals surface area contributed by atoms with Gasteiger partial charge in [0.15, 0.2) is 11.6 Å². The van der Waals surface area contributed by atoms with E-state index in [9.17, 15) is 0 Å². The van der Waals surface area contributed by atoms with Crippen LogP contribution >= 0.6 is 0 Å². The first-order chi connectivity index (χ1) is 15.1. The summed E-state index contributed by atoms with van der Waals surface area (Å²) in [5.41, 5.74) is 4.77. The summed E-state index contributed by atoms with van der Waals surface area (Å²) in [7, 11) is 0. The first kappa shape index (κ1) is 19.9. The van der Waals surface area contributed by atoms with Crippen molar-refractivity contribution >= 4 is 35.2 Å². The summed E-state index contributed by atoms with van der Waals surface area (Å²) in [6.45, 7) is 7.68. The second kappa shape index (κ2) is 8.56. The van der Waals surface area contributed by atoms with Crippen molar-refractivity contribution in [3.63, 3.8) is 0 Å². The number of hydrogen-bond donors (Lipinski definition) is 1. The van der Waals surface area contributed by atoms with Crippen molar-refractivity contribution in [1.82, 2.24) is 9.97 Å². The molecule has 0 aliphatic heterocycles. The minimum absolute atomic E-state index is 0.156. The quantitative estimate of drug-likeness (QED) is 0.404. The Hall–Kier alpha value is -4.37. The van der Waals surface area contributed by atoms with Crippen LogP contribution in [0.3, 0.4) is 0 Å².